The Morgan fingerprint density at radius 1 is 1.11 bits per heavy atom. The molecule has 0 bridgehead atoms. The largest absolute Gasteiger partial charge is 0.309 e. The Hall–Kier alpha value is -1.41. The molecule has 0 amide bonds. The number of nitrogens with zero attached hydrogens (tertiary/aromatic N) is 1. The third-order valence-corrected chi connectivity index (χ3v) is 3.76. The lowest BCUT2D eigenvalue weighted by Crippen LogP contribution is -2.23. The summed E-state index contributed by atoms with van der Waals surface area (Å²) in [5, 5.41) is 4.78. The van der Waals surface area contributed by atoms with E-state index in [4.69, 9.17) is 4.98 Å². The zero-order valence-corrected chi connectivity index (χ0v) is 12.2. The van der Waals surface area contributed by atoms with Gasteiger partial charge in [0.1, 0.15) is 0 Å². The molecule has 2 aromatic rings. The van der Waals surface area contributed by atoms with Crippen LogP contribution in [-0.4, -0.2) is 11.5 Å². The quantitative estimate of drug-likeness (QED) is 0.832. The van der Waals surface area contributed by atoms with E-state index in [0.717, 1.165) is 24.4 Å². The fourth-order valence-corrected chi connectivity index (χ4v) is 2.40. The second-order valence-corrected chi connectivity index (χ2v) is 5.29. The number of hydrogen-bond acceptors (Lipinski definition) is 2. The maximum atomic E-state index is 4.82. The van der Waals surface area contributed by atoms with Crippen molar-refractivity contribution in [1.82, 2.24) is 10.3 Å². The van der Waals surface area contributed by atoms with Crippen LogP contribution in [-0.2, 0) is 0 Å². The number of hydrogen-bond donors (Lipinski definition) is 1. The van der Waals surface area contributed by atoms with E-state index in [1.807, 2.05) is 0 Å². The lowest BCUT2D eigenvalue weighted by atomic mass is 9.96. The van der Waals surface area contributed by atoms with Crippen molar-refractivity contribution in [1.29, 1.82) is 0 Å². The molecule has 2 heteroatoms. The fraction of sp³-hybridized carbons (Fsp3) is 0.471. The second-order valence-electron chi connectivity index (χ2n) is 5.29. The predicted octanol–water partition coefficient (Wildman–Crippen LogP) is 4.32. The molecule has 2 atom stereocenters. The van der Waals surface area contributed by atoms with Gasteiger partial charge in [-0.15, -0.1) is 0 Å². The Bertz CT molecular complexity index is 521. The predicted molar refractivity (Wildman–Crippen MR) is 82.2 cm³/mol. The minimum absolute atomic E-state index is 0.365. The van der Waals surface area contributed by atoms with E-state index >= 15 is 0 Å². The zero-order chi connectivity index (χ0) is 13.7. The van der Waals surface area contributed by atoms with Crippen LogP contribution in [0.4, 0.5) is 0 Å². The molecule has 0 saturated heterocycles. The molecule has 0 saturated carbocycles. The Morgan fingerprint density at radius 2 is 1.89 bits per heavy atom. The average molecular weight is 256 g/mol. The van der Waals surface area contributed by atoms with Gasteiger partial charge in [0.2, 0.25) is 0 Å². The van der Waals surface area contributed by atoms with Crippen molar-refractivity contribution in [2.24, 2.45) is 5.92 Å². The lowest BCUT2D eigenvalue weighted by Gasteiger charge is -2.21. The number of aromatic nitrogens is 1. The molecular weight excluding hydrogens is 232 g/mol. The van der Waals surface area contributed by atoms with E-state index in [9.17, 15) is 0 Å². The number of benzene rings is 1. The summed E-state index contributed by atoms with van der Waals surface area (Å²) in [6, 6.07) is 13.0. The first-order chi connectivity index (χ1) is 9.24. The molecule has 1 aromatic heterocycles. The van der Waals surface area contributed by atoms with Gasteiger partial charge < -0.3 is 5.32 Å². The van der Waals surface area contributed by atoms with Crippen LogP contribution < -0.4 is 5.32 Å². The molecule has 0 radical (unpaired) electrons. The van der Waals surface area contributed by atoms with E-state index in [-0.39, 0.29) is 0 Å². The molecule has 2 unspecified atom stereocenters. The minimum Gasteiger partial charge on any atom is -0.309 e. The summed E-state index contributed by atoms with van der Waals surface area (Å²) in [5.41, 5.74) is 2.26. The Labute approximate surface area is 116 Å². The van der Waals surface area contributed by atoms with Crippen LogP contribution in [0, 0.1) is 5.92 Å². The van der Waals surface area contributed by atoms with Gasteiger partial charge >= 0.3 is 0 Å². The topological polar surface area (TPSA) is 24.9 Å². The summed E-state index contributed by atoms with van der Waals surface area (Å²) >= 11 is 0. The molecule has 102 valence electrons. The number of rotatable bonds is 6. The maximum absolute atomic E-state index is 4.82. The number of nitrogens with one attached hydrogen (secondary N) is 1. The average Bonchev–Trinajstić information content (AvgIpc) is 2.46. The van der Waals surface area contributed by atoms with Crippen LogP contribution in [0.2, 0.25) is 0 Å². The van der Waals surface area contributed by atoms with Crippen molar-refractivity contribution < 1.29 is 0 Å². The number of fused-ring (bicyclic) bond motifs is 1. The fourth-order valence-electron chi connectivity index (χ4n) is 2.40. The zero-order valence-electron chi connectivity index (χ0n) is 12.2. The van der Waals surface area contributed by atoms with Gasteiger partial charge in [-0.3, -0.25) is 4.98 Å². The third-order valence-electron chi connectivity index (χ3n) is 3.76. The van der Waals surface area contributed by atoms with Gasteiger partial charge in [0, 0.05) is 11.4 Å². The van der Waals surface area contributed by atoms with E-state index < -0.39 is 0 Å². The molecular formula is C17H24N2. The highest BCUT2D eigenvalue weighted by molar-refractivity contribution is 5.78. The molecule has 1 heterocycles. The second kappa shape index (κ2) is 6.67. The van der Waals surface area contributed by atoms with Crippen LogP contribution in [0.5, 0.6) is 0 Å². The highest BCUT2D eigenvalue weighted by Crippen LogP contribution is 2.23. The smallest absolute Gasteiger partial charge is 0.0706 e. The highest BCUT2D eigenvalue weighted by Gasteiger charge is 2.15. The molecule has 1 aromatic carbocycles. The Balaban J connectivity index is 2.27. The number of pyridine rings is 1. The molecule has 0 fully saturated rings. The molecule has 0 aliphatic heterocycles. The molecule has 0 aliphatic carbocycles. The van der Waals surface area contributed by atoms with Gasteiger partial charge in [-0.1, -0.05) is 51.5 Å². The van der Waals surface area contributed by atoms with Crippen LogP contribution in [0.25, 0.3) is 10.9 Å². The van der Waals surface area contributed by atoms with Crippen molar-refractivity contribution in [3.63, 3.8) is 0 Å². The van der Waals surface area contributed by atoms with E-state index in [0.29, 0.717) is 6.04 Å². The van der Waals surface area contributed by atoms with Crippen LogP contribution in [0.15, 0.2) is 36.4 Å². The van der Waals surface area contributed by atoms with Gasteiger partial charge in [-0.25, -0.2) is 0 Å². The first kappa shape index (κ1) is 14.0. The summed E-state index contributed by atoms with van der Waals surface area (Å²) in [7, 11) is 0. The first-order valence-corrected chi connectivity index (χ1v) is 7.33. The van der Waals surface area contributed by atoms with Crippen LogP contribution in [0.1, 0.15) is 45.3 Å². The highest BCUT2D eigenvalue weighted by atomic mass is 14.9. The van der Waals surface area contributed by atoms with Gasteiger partial charge in [0.25, 0.3) is 0 Å². The summed E-state index contributed by atoms with van der Waals surface area (Å²) in [6.07, 6.45) is 2.37. The monoisotopic (exact) mass is 256 g/mol. The maximum Gasteiger partial charge on any atom is 0.0706 e. The molecule has 0 aliphatic rings. The van der Waals surface area contributed by atoms with Gasteiger partial charge in [0.05, 0.1) is 11.2 Å². The summed E-state index contributed by atoms with van der Waals surface area (Å²) in [4.78, 5) is 4.82. The first-order valence-electron chi connectivity index (χ1n) is 7.33. The van der Waals surface area contributed by atoms with Gasteiger partial charge in [-0.05, 0) is 31.0 Å². The molecule has 2 rings (SSSR count). The molecule has 2 nitrogen and oxygen atoms in total. The Kier molecular flexibility index (Phi) is 4.92. The summed E-state index contributed by atoms with van der Waals surface area (Å²) in [5.74, 6) is 0.720. The van der Waals surface area contributed by atoms with Crippen LogP contribution in [0.3, 0.4) is 0 Å². The van der Waals surface area contributed by atoms with Crippen molar-refractivity contribution in [3.8, 4) is 0 Å². The van der Waals surface area contributed by atoms with E-state index in [1.165, 1.54) is 17.5 Å². The van der Waals surface area contributed by atoms with Crippen molar-refractivity contribution >= 4 is 10.9 Å². The number of para-hydroxylation sites is 1. The minimum atomic E-state index is 0.365. The van der Waals surface area contributed by atoms with Gasteiger partial charge in [0.15, 0.2) is 0 Å². The SMILES string of the molecule is CCNC(CC(C)CC)c1ccc2ccccc2n1. The Morgan fingerprint density at radius 3 is 2.63 bits per heavy atom. The van der Waals surface area contributed by atoms with Crippen molar-refractivity contribution in [2.45, 2.75) is 39.7 Å². The lowest BCUT2D eigenvalue weighted by molar-refractivity contribution is 0.403. The molecule has 19 heavy (non-hydrogen) atoms. The van der Waals surface area contributed by atoms with Crippen molar-refractivity contribution in [3.05, 3.63) is 42.1 Å². The normalized spacial score (nSPS) is 14.5. The van der Waals surface area contributed by atoms with Crippen LogP contribution >= 0.6 is 0 Å². The summed E-state index contributed by atoms with van der Waals surface area (Å²) < 4.78 is 0. The molecule has 1 N–H and O–H groups in total. The van der Waals surface area contributed by atoms with E-state index in [1.54, 1.807) is 0 Å². The van der Waals surface area contributed by atoms with E-state index in [2.05, 4.69) is 62.5 Å². The third kappa shape index (κ3) is 3.54. The van der Waals surface area contributed by atoms with Gasteiger partial charge in [-0.2, -0.15) is 0 Å². The molecule has 0 spiro atoms. The summed E-state index contributed by atoms with van der Waals surface area (Å²) in [6.45, 7) is 7.70. The standard InChI is InChI=1S/C17H24N2/c1-4-13(3)12-17(18-5-2)16-11-10-14-8-6-7-9-15(14)19-16/h6-11,13,17-18H,4-5,12H2,1-3H3. The van der Waals surface area contributed by atoms with Crippen molar-refractivity contribution in [2.75, 3.05) is 6.54 Å².